The van der Waals surface area contributed by atoms with Crippen molar-refractivity contribution >= 4 is 17.6 Å². The highest BCUT2D eigenvalue weighted by Crippen LogP contribution is 2.23. The summed E-state index contributed by atoms with van der Waals surface area (Å²) in [6.07, 6.45) is 0. The molecular weight excluding hydrogens is 310 g/mol. The number of rotatable bonds is 5. The van der Waals surface area contributed by atoms with Gasteiger partial charge in [0.25, 0.3) is 5.91 Å². The van der Waals surface area contributed by atoms with E-state index in [0.29, 0.717) is 5.75 Å². The van der Waals surface area contributed by atoms with Crippen LogP contribution in [0.5, 0.6) is 11.5 Å². The first-order valence-corrected chi connectivity index (χ1v) is 7.33. The number of nitrogens with one attached hydrogen (secondary N) is 1. The summed E-state index contributed by atoms with van der Waals surface area (Å²) in [5.41, 5.74) is 2.88. The Hall–Kier alpha value is -3.02. The largest absolute Gasteiger partial charge is 0.872 e. The van der Waals surface area contributed by atoms with Gasteiger partial charge in [-0.25, -0.2) is 4.79 Å². The molecule has 2 aromatic rings. The molecule has 0 aliphatic rings. The predicted octanol–water partition coefficient (Wildman–Crippen LogP) is 2.40. The highest BCUT2D eigenvalue weighted by Gasteiger charge is 2.13. The number of amides is 1. The number of benzene rings is 2. The minimum Gasteiger partial charge on any atom is -0.872 e. The van der Waals surface area contributed by atoms with Crippen molar-refractivity contribution in [1.82, 2.24) is 0 Å². The summed E-state index contributed by atoms with van der Waals surface area (Å²) in [5, 5.41) is 22.9. The summed E-state index contributed by atoms with van der Waals surface area (Å²) in [4.78, 5) is 23.1. The quantitative estimate of drug-likeness (QED) is 0.878. The van der Waals surface area contributed by atoms with Crippen LogP contribution in [-0.2, 0) is 4.79 Å². The van der Waals surface area contributed by atoms with Crippen molar-refractivity contribution in [3.8, 4) is 11.5 Å². The van der Waals surface area contributed by atoms with Crippen molar-refractivity contribution in [2.75, 3.05) is 11.9 Å². The molecule has 0 saturated carbocycles. The van der Waals surface area contributed by atoms with E-state index in [-0.39, 0.29) is 23.6 Å². The molecule has 0 aromatic heterocycles. The van der Waals surface area contributed by atoms with Gasteiger partial charge < -0.3 is 20.3 Å². The van der Waals surface area contributed by atoms with Crippen LogP contribution in [0.15, 0.2) is 30.3 Å². The van der Waals surface area contributed by atoms with E-state index in [1.165, 1.54) is 0 Å². The second kappa shape index (κ2) is 7.04. The Balaban J connectivity index is 2.08. The normalized spacial score (nSPS) is 10.3. The van der Waals surface area contributed by atoms with E-state index in [9.17, 15) is 14.7 Å². The Morgan fingerprint density at radius 3 is 2.42 bits per heavy atom. The Morgan fingerprint density at radius 1 is 1.08 bits per heavy atom. The number of aryl methyl sites for hydroxylation is 3. The van der Waals surface area contributed by atoms with Gasteiger partial charge in [0.05, 0.1) is 11.3 Å². The van der Waals surface area contributed by atoms with Crippen molar-refractivity contribution < 1.29 is 24.5 Å². The molecule has 2 N–H and O–H groups in total. The van der Waals surface area contributed by atoms with Gasteiger partial charge in [-0.2, -0.15) is 0 Å². The van der Waals surface area contributed by atoms with Crippen LogP contribution < -0.4 is 15.2 Å². The summed E-state index contributed by atoms with van der Waals surface area (Å²) in [5.74, 6) is -1.57. The molecule has 6 nitrogen and oxygen atoms in total. The molecule has 6 heteroatoms. The molecule has 0 heterocycles. The lowest BCUT2D eigenvalue weighted by molar-refractivity contribution is -0.268. The number of carboxylic acids is 1. The van der Waals surface area contributed by atoms with Crippen molar-refractivity contribution in [2.24, 2.45) is 0 Å². The second-order valence-electron chi connectivity index (χ2n) is 5.55. The molecule has 2 rings (SSSR count). The Labute approximate surface area is 139 Å². The Bertz CT molecular complexity index is 798. The fourth-order valence-corrected chi connectivity index (χ4v) is 2.23. The third-order valence-electron chi connectivity index (χ3n) is 3.65. The van der Waals surface area contributed by atoms with Crippen molar-refractivity contribution in [3.05, 3.63) is 52.6 Å². The highest BCUT2D eigenvalue weighted by molar-refractivity contribution is 6.01. The zero-order chi connectivity index (χ0) is 17.9. The first-order valence-electron chi connectivity index (χ1n) is 7.33. The molecule has 2 aromatic carbocycles. The van der Waals surface area contributed by atoms with Gasteiger partial charge in [-0.15, -0.1) is 5.75 Å². The average Bonchev–Trinajstić information content (AvgIpc) is 2.49. The maximum Gasteiger partial charge on any atom is 0.337 e. The van der Waals surface area contributed by atoms with Gasteiger partial charge in [-0.05, 0) is 55.7 Å². The van der Waals surface area contributed by atoms with Crippen LogP contribution in [0.25, 0.3) is 0 Å². The van der Waals surface area contributed by atoms with Crippen LogP contribution >= 0.6 is 0 Å². The molecule has 0 unspecified atom stereocenters. The maximum absolute atomic E-state index is 12.0. The van der Waals surface area contributed by atoms with E-state index in [2.05, 4.69) is 5.32 Å². The van der Waals surface area contributed by atoms with Gasteiger partial charge in [0, 0.05) is 0 Å². The lowest BCUT2D eigenvalue weighted by Crippen LogP contribution is -2.22. The average molecular weight is 328 g/mol. The van der Waals surface area contributed by atoms with Gasteiger partial charge in [0.1, 0.15) is 5.75 Å². The first kappa shape index (κ1) is 17.3. The zero-order valence-corrected chi connectivity index (χ0v) is 13.7. The number of carbonyl (C=O) groups is 2. The number of aromatic carboxylic acids is 1. The van der Waals surface area contributed by atoms with Crippen LogP contribution in [0.1, 0.15) is 27.0 Å². The molecule has 0 saturated heterocycles. The smallest absolute Gasteiger partial charge is 0.337 e. The second-order valence-corrected chi connectivity index (χ2v) is 5.55. The van der Waals surface area contributed by atoms with Gasteiger partial charge >= 0.3 is 5.97 Å². The van der Waals surface area contributed by atoms with E-state index >= 15 is 0 Å². The highest BCUT2D eigenvalue weighted by atomic mass is 16.5. The third kappa shape index (κ3) is 4.04. The summed E-state index contributed by atoms with van der Waals surface area (Å²) in [7, 11) is 0. The van der Waals surface area contributed by atoms with Crippen LogP contribution in [0, 0.1) is 20.8 Å². The van der Waals surface area contributed by atoms with Crippen LogP contribution in [0.4, 0.5) is 5.69 Å². The minimum absolute atomic E-state index is 0.0413. The molecule has 0 atom stereocenters. The number of hydrogen-bond acceptors (Lipinski definition) is 4. The van der Waals surface area contributed by atoms with Crippen molar-refractivity contribution in [2.45, 2.75) is 20.8 Å². The fraction of sp³-hybridized carbons (Fsp3) is 0.222. The number of ether oxygens (including phenoxy) is 1. The lowest BCUT2D eigenvalue weighted by atomic mass is 10.1. The molecule has 0 radical (unpaired) electrons. The van der Waals surface area contributed by atoms with Gasteiger partial charge in [0.2, 0.25) is 0 Å². The molecular formula is C18H18NO5-. The SMILES string of the molecule is Cc1cc(C)c(OCC(=O)Nc2cc([O-])ccc2C(=O)O)cc1C. The van der Waals surface area contributed by atoms with E-state index < -0.39 is 11.9 Å². The van der Waals surface area contributed by atoms with Gasteiger partial charge in [0.15, 0.2) is 6.61 Å². The van der Waals surface area contributed by atoms with Gasteiger partial charge in [-0.1, -0.05) is 12.1 Å². The molecule has 1 amide bonds. The maximum atomic E-state index is 12.0. The molecule has 0 aliphatic carbocycles. The predicted molar refractivity (Wildman–Crippen MR) is 87.6 cm³/mol. The standard InChI is InChI=1S/C18H19NO5/c1-10-6-12(3)16(7-11(10)2)24-9-17(21)19-15-8-13(20)4-5-14(15)18(22)23/h4-8,20H,9H2,1-3H3,(H,19,21)(H,22,23)/p-1. The Morgan fingerprint density at radius 2 is 1.75 bits per heavy atom. The fourth-order valence-electron chi connectivity index (χ4n) is 2.23. The number of carboxylic acid groups (broad SMARTS) is 1. The van der Waals surface area contributed by atoms with E-state index in [1.807, 2.05) is 32.9 Å². The molecule has 0 fully saturated rings. The topological polar surface area (TPSA) is 98.7 Å². The molecule has 0 bridgehead atoms. The summed E-state index contributed by atoms with van der Waals surface area (Å²) >= 11 is 0. The molecule has 126 valence electrons. The van der Waals surface area contributed by atoms with Crippen molar-refractivity contribution in [3.63, 3.8) is 0 Å². The summed E-state index contributed by atoms with van der Waals surface area (Å²) < 4.78 is 5.50. The summed E-state index contributed by atoms with van der Waals surface area (Å²) in [6, 6.07) is 7.18. The van der Waals surface area contributed by atoms with Crippen molar-refractivity contribution in [1.29, 1.82) is 0 Å². The van der Waals surface area contributed by atoms with E-state index in [1.54, 1.807) is 0 Å². The van der Waals surface area contributed by atoms with E-state index in [0.717, 1.165) is 34.9 Å². The number of carbonyl (C=O) groups excluding carboxylic acids is 1. The van der Waals surface area contributed by atoms with Crippen LogP contribution in [0.3, 0.4) is 0 Å². The first-order chi connectivity index (χ1) is 11.3. The van der Waals surface area contributed by atoms with E-state index in [4.69, 9.17) is 9.84 Å². The van der Waals surface area contributed by atoms with Crippen LogP contribution in [-0.4, -0.2) is 23.6 Å². The van der Waals surface area contributed by atoms with Gasteiger partial charge in [-0.3, -0.25) is 4.79 Å². The Kier molecular flexibility index (Phi) is 5.08. The minimum atomic E-state index is -1.23. The molecule has 0 aliphatic heterocycles. The molecule has 0 spiro atoms. The summed E-state index contributed by atoms with van der Waals surface area (Å²) in [6.45, 7) is 5.53. The molecule has 24 heavy (non-hydrogen) atoms. The lowest BCUT2D eigenvalue weighted by Gasteiger charge is -2.14. The third-order valence-corrected chi connectivity index (χ3v) is 3.65. The zero-order valence-electron chi connectivity index (χ0n) is 13.7. The number of anilines is 1. The monoisotopic (exact) mass is 328 g/mol. The van der Waals surface area contributed by atoms with Crippen LogP contribution in [0.2, 0.25) is 0 Å². The number of hydrogen-bond donors (Lipinski definition) is 2.